The maximum Gasteiger partial charge on any atom is 0.134 e. The lowest BCUT2D eigenvalue weighted by atomic mass is 10.2. The van der Waals surface area contributed by atoms with Crippen molar-refractivity contribution >= 4 is 34.1 Å². The average Bonchev–Trinajstić information content (AvgIpc) is 2.33. The Morgan fingerprint density at radius 1 is 1.42 bits per heavy atom. The first-order valence-electron chi connectivity index (χ1n) is 3.58. The Kier molecular flexibility index (Phi) is 1.77. The molecule has 0 saturated carbocycles. The van der Waals surface area contributed by atoms with E-state index >= 15 is 0 Å². The maximum absolute atomic E-state index is 9.44. The molecule has 0 bridgehead atoms. The van der Waals surface area contributed by atoms with Crippen LogP contribution in [0.15, 0.2) is 22.4 Å². The zero-order valence-electron chi connectivity index (χ0n) is 6.53. The minimum absolute atomic E-state index is 0.356. The van der Waals surface area contributed by atoms with Gasteiger partial charge in [-0.2, -0.15) is 0 Å². The Bertz CT molecular complexity index is 431. The van der Waals surface area contributed by atoms with E-state index in [0.29, 0.717) is 5.75 Å². The number of hydrogen-bond donors (Lipinski definition) is 2. The molecule has 12 heavy (non-hydrogen) atoms. The molecule has 0 amide bonds. The van der Waals surface area contributed by atoms with Gasteiger partial charge in [0.05, 0.1) is 4.70 Å². The highest BCUT2D eigenvalue weighted by Gasteiger charge is 2.05. The van der Waals surface area contributed by atoms with Crippen LogP contribution >= 0.6 is 24.0 Å². The molecule has 2 rings (SSSR count). The monoisotopic (exact) mass is 196 g/mol. The van der Waals surface area contributed by atoms with Crippen molar-refractivity contribution in [3.05, 3.63) is 23.1 Å². The average molecular weight is 196 g/mol. The standard InChI is InChI=1S/C9H8OS2/c1-5-2-6-7(10)4-12-9(6)8(11)3-5/h2-4,10-11H,1H3. The summed E-state index contributed by atoms with van der Waals surface area (Å²) in [6.07, 6.45) is 0. The molecule has 1 heterocycles. The first-order valence-corrected chi connectivity index (χ1v) is 4.91. The van der Waals surface area contributed by atoms with Crippen LogP contribution in [0.2, 0.25) is 0 Å². The Labute approximate surface area is 80.1 Å². The summed E-state index contributed by atoms with van der Waals surface area (Å²) >= 11 is 5.86. The van der Waals surface area contributed by atoms with Crippen LogP contribution in [0.1, 0.15) is 5.56 Å². The van der Waals surface area contributed by atoms with Crippen LogP contribution in [0.5, 0.6) is 5.75 Å². The molecule has 0 atom stereocenters. The number of aryl methyl sites for hydroxylation is 1. The number of thiol groups is 1. The second-order valence-electron chi connectivity index (χ2n) is 2.78. The van der Waals surface area contributed by atoms with Crippen molar-refractivity contribution in [2.24, 2.45) is 0 Å². The summed E-state index contributed by atoms with van der Waals surface area (Å²) in [5.74, 6) is 0.356. The van der Waals surface area contributed by atoms with Crippen molar-refractivity contribution in [1.82, 2.24) is 0 Å². The number of hydrogen-bond acceptors (Lipinski definition) is 3. The lowest BCUT2D eigenvalue weighted by molar-refractivity contribution is 0.483. The van der Waals surface area contributed by atoms with Crippen molar-refractivity contribution in [3.63, 3.8) is 0 Å². The molecule has 0 unspecified atom stereocenters. The minimum Gasteiger partial charge on any atom is -0.506 e. The van der Waals surface area contributed by atoms with E-state index < -0.39 is 0 Å². The number of fused-ring (bicyclic) bond motifs is 1. The second kappa shape index (κ2) is 2.68. The molecule has 1 nitrogen and oxygen atoms in total. The van der Waals surface area contributed by atoms with Gasteiger partial charge in [0.15, 0.2) is 0 Å². The van der Waals surface area contributed by atoms with Gasteiger partial charge in [-0.1, -0.05) is 0 Å². The third-order valence-corrected chi connectivity index (χ3v) is 3.30. The van der Waals surface area contributed by atoms with Crippen LogP contribution in [0, 0.1) is 6.92 Å². The molecule has 2 aromatic rings. The van der Waals surface area contributed by atoms with Crippen molar-refractivity contribution in [2.45, 2.75) is 11.8 Å². The summed E-state index contributed by atoms with van der Waals surface area (Å²) in [5, 5.41) is 12.1. The van der Waals surface area contributed by atoms with E-state index in [2.05, 4.69) is 12.6 Å². The molecule has 0 fully saturated rings. The summed E-state index contributed by atoms with van der Waals surface area (Å²) in [5.41, 5.74) is 1.13. The van der Waals surface area contributed by atoms with Gasteiger partial charge in [0, 0.05) is 15.7 Å². The molecule has 0 saturated heterocycles. The van der Waals surface area contributed by atoms with E-state index in [1.807, 2.05) is 19.1 Å². The first-order chi connectivity index (χ1) is 5.68. The molecule has 3 heteroatoms. The van der Waals surface area contributed by atoms with Gasteiger partial charge in [-0.05, 0) is 24.6 Å². The zero-order valence-corrected chi connectivity index (χ0v) is 8.25. The lowest BCUT2D eigenvalue weighted by Crippen LogP contribution is -1.73. The Morgan fingerprint density at radius 3 is 2.92 bits per heavy atom. The fourth-order valence-electron chi connectivity index (χ4n) is 1.25. The van der Waals surface area contributed by atoms with Gasteiger partial charge < -0.3 is 5.11 Å². The predicted molar refractivity (Wildman–Crippen MR) is 55.5 cm³/mol. The fourth-order valence-corrected chi connectivity index (χ4v) is 2.56. The van der Waals surface area contributed by atoms with Crippen molar-refractivity contribution in [1.29, 1.82) is 0 Å². The van der Waals surface area contributed by atoms with Crippen LogP contribution in [-0.4, -0.2) is 5.11 Å². The van der Waals surface area contributed by atoms with Crippen LogP contribution in [0.25, 0.3) is 10.1 Å². The Hall–Kier alpha value is -0.670. The van der Waals surface area contributed by atoms with Crippen LogP contribution < -0.4 is 0 Å². The van der Waals surface area contributed by atoms with Gasteiger partial charge in [0.2, 0.25) is 0 Å². The molecule has 0 aliphatic rings. The molecule has 0 aliphatic heterocycles. The summed E-state index contributed by atoms with van der Waals surface area (Å²) in [4.78, 5) is 0.940. The second-order valence-corrected chi connectivity index (χ2v) is 4.14. The first kappa shape index (κ1) is 7.95. The van der Waals surface area contributed by atoms with Crippen molar-refractivity contribution < 1.29 is 5.11 Å². The van der Waals surface area contributed by atoms with E-state index in [4.69, 9.17) is 0 Å². The molecule has 1 aromatic carbocycles. The number of benzene rings is 1. The third kappa shape index (κ3) is 1.09. The zero-order chi connectivity index (χ0) is 8.72. The predicted octanol–water partition coefficient (Wildman–Crippen LogP) is 3.20. The van der Waals surface area contributed by atoms with Crippen LogP contribution in [-0.2, 0) is 0 Å². The van der Waals surface area contributed by atoms with Gasteiger partial charge in [0.25, 0.3) is 0 Å². The Morgan fingerprint density at radius 2 is 2.17 bits per heavy atom. The Balaban J connectivity index is 2.92. The van der Waals surface area contributed by atoms with Crippen molar-refractivity contribution in [2.75, 3.05) is 0 Å². The van der Waals surface area contributed by atoms with Crippen molar-refractivity contribution in [3.8, 4) is 5.75 Å². The van der Waals surface area contributed by atoms with Gasteiger partial charge in [-0.3, -0.25) is 0 Å². The molecule has 1 aromatic heterocycles. The number of thiophene rings is 1. The van der Waals surface area contributed by atoms with Gasteiger partial charge >= 0.3 is 0 Å². The smallest absolute Gasteiger partial charge is 0.134 e. The van der Waals surface area contributed by atoms with Gasteiger partial charge in [0.1, 0.15) is 5.75 Å². The van der Waals surface area contributed by atoms with Gasteiger partial charge in [-0.15, -0.1) is 24.0 Å². The molecule has 0 aliphatic carbocycles. The third-order valence-electron chi connectivity index (χ3n) is 1.78. The van der Waals surface area contributed by atoms with E-state index in [1.165, 1.54) is 11.3 Å². The van der Waals surface area contributed by atoms with E-state index in [-0.39, 0.29) is 0 Å². The van der Waals surface area contributed by atoms with E-state index in [0.717, 1.165) is 20.5 Å². The van der Waals surface area contributed by atoms with Crippen LogP contribution in [0.3, 0.4) is 0 Å². The highest BCUT2D eigenvalue weighted by atomic mass is 32.1. The van der Waals surface area contributed by atoms with E-state index in [9.17, 15) is 5.11 Å². The minimum atomic E-state index is 0.356. The topological polar surface area (TPSA) is 20.2 Å². The molecule has 62 valence electrons. The number of rotatable bonds is 0. The highest BCUT2D eigenvalue weighted by molar-refractivity contribution is 7.80. The summed E-state index contributed by atoms with van der Waals surface area (Å²) < 4.78 is 1.06. The maximum atomic E-state index is 9.44. The lowest BCUT2D eigenvalue weighted by Gasteiger charge is -1.97. The normalized spacial score (nSPS) is 10.8. The SMILES string of the molecule is Cc1cc(S)c2scc(O)c2c1. The summed E-state index contributed by atoms with van der Waals surface area (Å²) in [7, 11) is 0. The molecular formula is C9H8OS2. The summed E-state index contributed by atoms with van der Waals surface area (Å²) in [6, 6.07) is 3.97. The van der Waals surface area contributed by atoms with Crippen LogP contribution in [0.4, 0.5) is 0 Å². The molecule has 1 N–H and O–H groups in total. The molecular weight excluding hydrogens is 188 g/mol. The van der Waals surface area contributed by atoms with Gasteiger partial charge in [-0.25, -0.2) is 0 Å². The molecule has 0 spiro atoms. The summed E-state index contributed by atoms with van der Waals surface area (Å²) in [6.45, 7) is 2.00. The number of aromatic hydroxyl groups is 1. The van der Waals surface area contributed by atoms with E-state index in [1.54, 1.807) is 5.38 Å². The highest BCUT2D eigenvalue weighted by Crippen LogP contribution is 2.35. The molecule has 0 radical (unpaired) electrons. The fraction of sp³-hybridized carbons (Fsp3) is 0.111. The largest absolute Gasteiger partial charge is 0.506 e. The quantitative estimate of drug-likeness (QED) is 0.620.